The summed E-state index contributed by atoms with van der Waals surface area (Å²) < 4.78 is 18.7. The molecule has 2 rings (SSSR count). The molecule has 3 nitrogen and oxygen atoms in total. The summed E-state index contributed by atoms with van der Waals surface area (Å²) in [5.74, 6) is -0.0668. The van der Waals surface area contributed by atoms with Crippen molar-refractivity contribution in [3.63, 3.8) is 0 Å². The monoisotopic (exact) mass is 280 g/mol. The molecule has 0 spiro atoms. The molecule has 0 heterocycles. The molecule has 0 aromatic heterocycles. The Morgan fingerprint density at radius 1 is 1.16 bits per heavy atom. The molecule has 0 aliphatic rings. The fraction of sp³-hybridized carbons (Fsp3) is 0.0769. The Balaban J connectivity index is 2.14. The van der Waals surface area contributed by atoms with Gasteiger partial charge in [0.1, 0.15) is 18.2 Å². The van der Waals surface area contributed by atoms with Crippen LogP contribution >= 0.6 is 11.6 Å². The molecule has 2 aromatic carbocycles. The summed E-state index contributed by atoms with van der Waals surface area (Å²) in [5, 5.41) is 18.5. The average Bonchev–Trinajstić information content (AvgIpc) is 2.37. The van der Waals surface area contributed by atoms with Crippen LogP contribution in [0, 0.1) is 5.82 Å². The Morgan fingerprint density at radius 3 is 2.58 bits per heavy atom. The van der Waals surface area contributed by atoms with Gasteiger partial charge in [-0.1, -0.05) is 29.8 Å². The lowest BCUT2D eigenvalue weighted by Gasteiger charge is -2.09. The van der Waals surface area contributed by atoms with Gasteiger partial charge in [-0.3, -0.25) is 0 Å². The molecule has 0 radical (unpaired) electrons. The highest BCUT2D eigenvalue weighted by Crippen LogP contribution is 2.24. The number of halogens is 2. The van der Waals surface area contributed by atoms with E-state index in [1.165, 1.54) is 12.1 Å². The van der Waals surface area contributed by atoms with Crippen molar-refractivity contribution in [1.29, 1.82) is 0 Å². The maximum Gasteiger partial charge on any atom is 0.488 e. The van der Waals surface area contributed by atoms with Gasteiger partial charge >= 0.3 is 7.12 Å². The quantitative estimate of drug-likeness (QED) is 0.839. The topological polar surface area (TPSA) is 49.7 Å². The third-order valence-corrected chi connectivity index (χ3v) is 2.82. The van der Waals surface area contributed by atoms with Crippen molar-refractivity contribution < 1.29 is 19.2 Å². The molecule has 0 bridgehead atoms. The summed E-state index contributed by atoms with van der Waals surface area (Å²) in [6.45, 7) is 0.0845. The molecule has 98 valence electrons. The van der Waals surface area contributed by atoms with Crippen molar-refractivity contribution in [1.82, 2.24) is 0 Å². The minimum absolute atomic E-state index is 0.0813. The molecule has 0 saturated heterocycles. The fourth-order valence-corrected chi connectivity index (χ4v) is 1.82. The van der Waals surface area contributed by atoms with E-state index in [0.717, 1.165) is 6.07 Å². The van der Waals surface area contributed by atoms with E-state index in [0.29, 0.717) is 16.3 Å². The molecule has 0 aliphatic heterocycles. The lowest BCUT2D eigenvalue weighted by molar-refractivity contribution is 0.306. The van der Waals surface area contributed by atoms with E-state index in [-0.39, 0.29) is 12.1 Å². The molecular formula is C13H11BClFO3. The van der Waals surface area contributed by atoms with Crippen LogP contribution in [0.2, 0.25) is 5.02 Å². The Morgan fingerprint density at radius 2 is 1.89 bits per heavy atom. The van der Waals surface area contributed by atoms with Gasteiger partial charge in [0.25, 0.3) is 0 Å². The summed E-state index contributed by atoms with van der Waals surface area (Å²) in [4.78, 5) is 0. The number of hydrogen-bond donors (Lipinski definition) is 2. The molecule has 0 unspecified atom stereocenters. The Kier molecular flexibility index (Phi) is 4.42. The molecule has 2 aromatic rings. The van der Waals surface area contributed by atoms with Crippen molar-refractivity contribution in [2.24, 2.45) is 0 Å². The van der Waals surface area contributed by atoms with Gasteiger partial charge in [-0.2, -0.15) is 0 Å². The maximum absolute atomic E-state index is 13.3. The standard InChI is InChI=1S/C13H11BClFO3/c15-12-3-1-2-4-13(12)19-8-9-5-10(14(17)18)7-11(16)6-9/h1-7,17-18H,8H2. The zero-order valence-electron chi connectivity index (χ0n) is 9.88. The van der Waals surface area contributed by atoms with Gasteiger partial charge in [0.2, 0.25) is 0 Å². The Labute approximate surface area is 115 Å². The predicted octanol–water partition coefficient (Wildman–Crippen LogP) is 1.74. The third kappa shape index (κ3) is 3.70. The zero-order chi connectivity index (χ0) is 13.8. The number of hydrogen-bond acceptors (Lipinski definition) is 3. The summed E-state index contributed by atoms with van der Waals surface area (Å²) in [5.41, 5.74) is 0.570. The number of benzene rings is 2. The lowest BCUT2D eigenvalue weighted by atomic mass is 9.79. The van der Waals surface area contributed by atoms with Crippen molar-refractivity contribution >= 4 is 24.2 Å². The van der Waals surface area contributed by atoms with Crippen LogP contribution < -0.4 is 10.2 Å². The highest BCUT2D eigenvalue weighted by atomic mass is 35.5. The minimum Gasteiger partial charge on any atom is -0.487 e. The fourth-order valence-electron chi connectivity index (χ4n) is 1.63. The maximum atomic E-state index is 13.3. The largest absolute Gasteiger partial charge is 0.488 e. The number of ether oxygens (including phenoxy) is 1. The van der Waals surface area contributed by atoms with Crippen molar-refractivity contribution in [2.75, 3.05) is 0 Å². The smallest absolute Gasteiger partial charge is 0.487 e. The van der Waals surface area contributed by atoms with Gasteiger partial charge in [-0.15, -0.1) is 0 Å². The van der Waals surface area contributed by atoms with E-state index in [4.69, 9.17) is 26.4 Å². The third-order valence-electron chi connectivity index (χ3n) is 2.51. The molecule has 0 aliphatic carbocycles. The van der Waals surface area contributed by atoms with Crippen LogP contribution in [0.3, 0.4) is 0 Å². The first kappa shape index (κ1) is 13.9. The first-order chi connectivity index (χ1) is 9.06. The summed E-state index contributed by atoms with van der Waals surface area (Å²) >= 11 is 5.92. The van der Waals surface area contributed by atoms with E-state index < -0.39 is 12.9 Å². The van der Waals surface area contributed by atoms with Crippen LogP contribution in [0.4, 0.5) is 4.39 Å². The highest BCUT2D eigenvalue weighted by Gasteiger charge is 2.13. The van der Waals surface area contributed by atoms with E-state index in [1.54, 1.807) is 24.3 Å². The highest BCUT2D eigenvalue weighted by molar-refractivity contribution is 6.58. The molecular weight excluding hydrogens is 269 g/mol. The van der Waals surface area contributed by atoms with Gasteiger partial charge < -0.3 is 14.8 Å². The molecule has 0 atom stereocenters. The van der Waals surface area contributed by atoms with Gasteiger partial charge in [0.15, 0.2) is 0 Å². The SMILES string of the molecule is OB(O)c1cc(F)cc(COc2ccccc2Cl)c1. The van der Waals surface area contributed by atoms with E-state index in [2.05, 4.69) is 0 Å². The first-order valence-electron chi connectivity index (χ1n) is 5.59. The molecule has 0 amide bonds. The average molecular weight is 280 g/mol. The molecule has 6 heteroatoms. The van der Waals surface area contributed by atoms with E-state index in [1.807, 2.05) is 0 Å². The second-order valence-corrected chi connectivity index (χ2v) is 4.39. The molecule has 2 N–H and O–H groups in total. The van der Waals surface area contributed by atoms with Crippen LogP contribution in [0.1, 0.15) is 5.56 Å². The molecule has 0 saturated carbocycles. The summed E-state index contributed by atoms with van der Waals surface area (Å²) in [7, 11) is -1.71. The van der Waals surface area contributed by atoms with Gasteiger partial charge in [0.05, 0.1) is 5.02 Å². The van der Waals surface area contributed by atoms with Crippen molar-refractivity contribution in [3.05, 3.63) is 58.9 Å². The lowest BCUT2D eigenvalue weighted by Crippen LogP contribution is -2.30. The van der Waals surface area contributed by atoms with E-state index in [9.17, 15) is 4.39 Å². The second kappa shape index (κ2) is 6.06. The first-order valence-corrected chi connectivity index (χ1v) is 5.97. The second-order valence-electron chi connectivity index (χ2n) is 3.99. The van der Waals surface area contributed by atoms with Gasteiger partial charge in [0, 0.05) is 0 Å². The van der Waals surface area contributed by atoms with Crippen LogP contribution in [0.15, 0.2) is 42.5 Å². The predicted molar refractivity (Wildman–Crippen MR) is 72.0 cm³/mol. The van der Waals surface area contributed by atoms with Gasteiger partial charge in [-0.05, 0) is 35.3 Å². The molecule has 19 heavy (non-hydrogen) atoms. The van der Waals surface area contributed by atoms with Crippen LogP contribution in [-0.2, 0) is 6.61 Å². The minimum atomic E-state index is -1.71. The Bertz CT molecular complexity index is 578. The Hall–Kier alpha value is -1.56. The van der Waals surface area contributed by atoms with Crippen molar-refractivity contribution in [2.45, 2.75) is 6.61 Å². The zero-order valence-corrected chi connectivity index (χ0v) is 10.6. The normalized spacial score (nSPS) is 10.3. The van der Waals surface area contributed by atoms with Crippen LogP contribution in [0.5, 0.6) is 5.75 Å². The van der Waals surface area contributed by atoms with Crippen molar-refractivity contribution in [3.8, 4) is 5.75 Å². The summed E-state index contributed by atoms with van der Waals surface area (Å²) in [6.07, 6.45) is 0. The summed E-state index contributed by atoms with van der Waals surface area (Å²) in [6, 6.07) is 10.7. The molecule has 0 fully saturated rings. The van der Waals surface area contributed by atoms with Crippen LogP contribution in [0.25, 0.3) is 0 Å². The number of rotatable bonds is 4. The van der Waals surface area contributed by atoms with E-state index >= 15 is 0 Å². The van der Waals surface area contributed by atoms with Gasteiger partial charge in [-0.25, -0.2) is 4.39 Å². The number of para-hydroxylation sites is 1. The van der Waals surface area contributed by atoms with Crippen LogP contribution in [-0.4, -0.2) is 17.2 Å².